The third-order valence-corrected chi connectivity index (χ3v) is 7.94. The van der Waals surface area contributed by atoms with Crippen LogP contribution in [0.25, 0.3) is 5.76 Å². The fraction of sp³-hybridized carbons (Fsp3) is 0.500. The number of aliphatic hydroxyl groups excluding tert-OH is 3. The largest absolute Gasteiger partial charge is 0.508 e. The van der Waals surface area contributed by atoms with Crippen molar-refractivity contribution in [3.05, 3.63) is 45.7 Å². The molecule has 3 aliphatic rings. The zero-order valence-electron chi connectivity index (χ0n) is 21.0. The van der Waals surface area contributed by atoms with Crippen molar-refractivity contribution in [2.24, 2.45) is 17.6 Å². The van der Waals surface area contributed by atoms with Crippen LogP contribution in [0, 0.1) is 11.8 Å². The van der Waals surface area contributed by atoms with Crippen molar-refractivity contribution in [2.45, 2.75) is 56.8 Å². The number of rotatable bonds is 2. The zero-order valence-corrected chi connectivity index (χ0v) is 21.0. The number of amides is 1. The van der Waals surface area contributed by atoms with Gasteiger partial charge in [0.05, 0.1) is 23.6 Å². The second-order valence-corrected chi connectivity index (χ2v) is 11.2. The maximum Gasteiger partial charge on any atom is 0.255 e. The summed E-state index contributed by atoms with van der Waals surface area (Å²) < 4.78 is 0. The van der Waals surface area contributed by atoms with Gasteiger partial charge in [-0.3, -0.25) is 19.3 Å². The summed E-state index contributed by atoms with van der Waals surface area (Å²) in [4.78, 5) is 40.5. The first-order chi connectivity index (χ1) is 16.5. The number of phenolic OH excluding ortho intramolecular Hbond substituents is 1. The number of fused-ring (bicyclic) bond motifs is 3. The lowest BCUT2D eigenvalue weighted by atomic mass is 9.54. The van der Waals surface area contributed by atoms with Gasteiger partial charge in [-0.15, -0.1) is 0 Å². The summed E-state index contributed by atoms with van der Waals surface area (Å²) in [6.07, 6.45) is -1.61. The molecule has 1 amide bonds. The van der Waals surface area contributed by atoms with Gasteiger partial charge in [0.2, 0.25) is 5.78 Å². The van der Waals surface area contributed by atoms with Crippen LogP contribution < -0.4 is 5.73 Å². The highest BCUT2D eigenvalue weighted by Crippen LogP contribution is 2.56. The van der Waals surface area contributed by atoms with E-state index in [0.717, 1.165) is 0 Å². The number of primary amides is 1. The molecule has 10 nitrogen and oxygen atoms in total. The van der Waals surface area contributed by atoms with E-state index >= 15 is 0 Å². The molecule has 1 saturated carbocycles. The summed E-state index contributed by atoms with van der Waals surface area (Å²) in [7, 11) is 2.94. The van der Waals surface area contributed by atoms with Crippen molar-refractivity contribution < 1.29 is 39.9 Å². The van der Waals surface area contributed by atoms with Crippen molar-refractivity contribution >= 4 is 23.2 Å². The van der Waals surface area contributed by atoms with Crippen LogP contribution in [0.4, 0.5) is 0 Å². The van der Waals surface area contributed by atoms with Gasteiger partial charge in [-0.2, -0.15) is 0 Å². The van der Waals surface area contributed by atoms with Gasteiger partial charge in [-0.25, -0.2) is 0 Å². The molecule has 0 aromatic heterocycles. The van der Waals surface area contributed by atoms with Crippen molar-refractivity contribution in [2.75, 3.05) is 14.1 Å². The van der Waals surface area contributed by atoms with Crippen molar-refractivity contribution in [1.29, 1.82) is 0 Å². The number of carbonyl (C=O) groups is 3. The topological polar surface area (TPSA) is 182 Å². The molecule has 3 aliphatic carbocycles. The van der Waals surface area contributed by atoms with E-state index in [4.69, 9.17) is 5.73 Å². The molecular weight excluding hydrogens is 468 g/mol. The molecule has 1 fully saturated rings. The lowest BCUT2D eigenvalue weighted by molar-refractivity contribution is -0.169. The van der Waals surface area contributed by atoms with Crippen LogP contribution in [0.15, 0.2) is 29.0 Å². The Labute approximate surface area is 208 Å². The number of aliphatic hydroxyl groups is 4. The van der Waals surface area contributed by atoms with Gasteiger partial charge in [0, 0.05) is 17.1 Å². The highest BCUT2D eigenvalue weighted by molar-refractivity contribution is 6.24. The summed E-state index contributed by atoms with van der Waals surface area (Å²) in [5, 5.41) is 56.6. The number of likely N-dealkylation sites (N-methyl/N-ethyl adjacent to an activating group) is 1. The minimum atomic E-state index is -2.92. The Hall–Kier alpha value is -3.21. The molecule has 10 heteroatoms. The Balaban J connectivity index is 2.07. The van der Waals surface area contributed by atoms with Gasteiger partial charge in [-0.05, 0) is 31.0 Å². The molecule has 0 saturated heterocycles. The second kappa shape index (κ2) is 7.89. The highest BCUT2D eigenvalue weighted by atomic mass is 16.4. The molecule has 0 aliphatic heterocycles. The van der Waals surface area contributed by atoms with E-state index in [1.807, 2.05) is 20.8 Å². The number of nitrogens with zero attached hydrogens (tertiary/aromatic N) is 1. The molecule has 6 atom stereocenters. The minimum Gasteiger partial charge on any atom is -0.508 e. The Morgan fingerprint density at radius 2 is 1.69 bits per heavy atom. The molecule has 0 spiro atoms. The molecule has 2 unspecified atom stereocenters. The number of carbonyl (C=O) groups excluding carboxylic acids is 3. The number of aromatic hydroxyl groups is 1. The number of hydrogen-bond donors (Lipinski definition) is 6. The lowest BCUT2D eigenvalue weighted by Crippen LogP contribution is -2.70. The standard InChI is InChI=1S/C26H32N2O8/c1-9-10-7-8-11(25(2,3)4)18(29)13(10)19(30)14-12(9)20(31)16-17(28(5)6)21(32)15(24(27)35)23(34)26(16,36)22(14)33/h7-9,12,16-17,20,29-31,34,36H,1-6H3,(H2,27,35)/t9-,12?,16?,17-,20-,26-/m0/s1. The summed E-state index contributed by atoms with van der Waals surface area (Å²) in [5.74, 6) is -8.85. The average molecular weight is 501 g/mol. The Kier molecular flexibility index (Phi) is 5.67. The quantitative estimate of drug-likeness (QED) is 0.320. The van der Waals surface area contributed by atoms with Gasteiger partial charge < -0.3 is 31.3 Å². The number of nitrogens with two attached hydrogens (primary N) is 1. The normalized spacial score (nSPS) is 32.4. The van der Waals surface area contributed by atoms with Gasteiger partial charge >= 0.3 is 0 Å². The van der Waals surface area contributed by atoms with Gasteiger partial charge in [0.1, 0.15) is 22.8 Å². The first-order valence-electron chi connectivity index (χ1n) is 11.7. The minimum absolute atomic E-state index is 0.00147. The molecule has 0 bridgehead atoms. The monoisotopic (exact) mass is 500 g/mol. The van der Waals surface area contributed by atoms with E-state index in [2.05, 4.69) is 0 Å². The smallest absolute Gasteiger partial charge is 0.255 e. The van der Waals surface area contributed by atoms with Crippen molar-refractivity contribution in [3.8, 4) is 5.75 Å². The third kappa shape index (κ3) is 3.11. The fourth-order valence-electron chi connectivity index (χ4n) is 6.22. The molecule has 0 heterocycles. The summed E-state index contributed by atoms with van der Waals surface area (Å²) in [6, 6.07) is 2.06. The molecule has 4 rings (SSSR count). The number of phenols is 1. The number of ketones is 2. The predicted octanol–water partition coefficient (Wildman–Crippen LogP) is 0.793. The number of benzene rings is 1. The van der Waals surface area contributed by atoms with Gasteiger partial charge in [0.25, 0.3) is 5.91 Å². The van der Waals surface area contributed by atoms with Crippen LogP contribution in [0.1, 0.15) is 50.3 Å². The molecule has 1 aromatic rings. The van der Waals surface area contributed by atoms with E-state index in [1.165, 1.54) is 19.0 Å². The first-order valence-corrected chi connectivity index (χ1v) is 11.7. The van der Waals surface area contributed by atoms with Crippen LogP contribution in [-0.2, 0) is 19.8 Å². The molecular formula is C26H32N2O8. The Morgan fingerprint density at radius 1 is 1.11 bits per heavy atom. The molecule has 194 valence electrons. The summed E-state index contributed by atoms with van der Waals surface area (Å²) in [6.45, 7) is 7.30. The van der Waals surface area contributed by atoms with E-state index < -0.39 is 81.1 Å². The summed E-state index contributed by atoms with van der Waals surface area (Å²) >= 11 is 0. The van der Waals surface area contributed by atoms with Gasteiger partial charge in [-0.1, -0.05) is 39.8 Å². The fourth-order valence-corrected chi connectivity index (χ4v) is 6.22. The van der Waals surface area contributed by atoms with Crippen molar-refractivity contribution in [3.63, 3.8) is 0 Å². The third-order valence-electron chi connectivity index (χ3n) is 7.94. The van der Waals surface area contributed by atoms with E-state index in [1.54, 1.807) is 19.1 Å². The van der Waals surface area contributed by atoms with Crippen LogP contribution in [0.3, 0.4) is 0 Å². The predicted molar refractivity (Wildman–Crippen MR) is 129 cm³/mol. The Bertz CT molecular complexity index is 1270. The van der Waals surface area contributed by atoms with Crippen LogP contribution in [0.2, 0.25) is 0 Å². The van der Waals surface area contributed by atoms with Crippen molar-refractivity contribution in [1.82, 2.24) is 4.90 Å². The average Bonchev–Trinajstić information content (AvgIpc) is 2.75. The molecule has 0 radical (unpaired) electrons. The SMILES string of the molecule is C[C@H]1c2ccc(C(C)(C)C)c(O)c2C(O)=C2C(=O)[C@]3(O)C(O)=C(C(N)=O)C(=O)[C@@H](N(C)C)C3[C@@H](O)C21. The summed E-state index contributed by atoms with van der Waals surface area (Å²) in [5.41, 5.74) is 1.54. The van der Waals surface area contributed by atoms with Crippen LogP contribution in [0.5, 0.6) is 5.75 Å². The Morgan fingerprint density at radius 3 is 2.19 bits per heavy atom. The van der Waals surface area contributed by atoms with E-state index in [-0.39, 0.29) is 11.3 Å². The maximum atomic E-state index is 13.9. The second-order valence-electron chi connectivity index (χ2n) is 11.2. The van der Waals surface area contributed by atoms with E-state index in [0.29, 0.717) is 11.1 Å². The number of Topliss-reactive ketones (excluding diaryl/α,β-unsaturated/α-hetero) is 2. The highest BCUT2D eigenvalue weighted by Gasteiger charge is 2.68. The molecule has 7 N–H and O–H groups in total. The molecule has 36 heavy (non-hydrogen) atoms. The first kappa shape index (κ1) is 25.9. The van der Waals surface area contributed by atoms with Crippen LogP contribution >= 0.6 is 0 Å². The maximum absolute atomic E-state index is 13.9. The lowest BCUT2D eigenvalue weighted by Gasteiger charge is -2.53. The zero-order chi connectivity index (χ0) is 27.2. The van der Waals surface area contributed by atoms with E-state index in [9.17, 15) is 39.9 Å². The number of hydrogen-bond acceptors (Lipinski definition) is 9. The van der Waals surface area contributed by atoms with Gasteiger partial charge in [0.15, 0.2) is 11.4 Å². The molecule has 1 aromatic carbocycles. The van der Waals surface area contributed by atoms with Crippen LogP contribution in [-0.4, -0.2) is 79.7 Å².